The molecule has 0 bridgehead atoms. The third kappa shape index (κ3) is 4.50. The van der Waals surface area contributed by atoms with E-state index in [-0.39, 0.29) is 17.8 Å². The summed E-state index contributed by atoms with van der Waals surface area (Å²) in [4.78, 5) is 24.5. The first-order valence-corrected chi connectivity index (χ1v) is 12.4. The molecule has 2 aliphatic heterocycles. The number of nitrogens with zero attached hydrogens (tertiary/aromatic N) is 3. The molecule has 35 heavy (non-hydrogen) atoms. The minimum atomic E-state index is -1.30. The number of nitrogens with two attached hydrogens (primary N) is 1. The van der Waals surface area contributed by atoms with E-state index in [0.29, 0.717) is 5.56 Å². The predicted molar refractivity (Wildman–Crippen MR) is 142 cm³/mol. The third-order valence-electron chi connectivity index (χ3n) is 7.05. The minimum absolute atomic E-state index is 0.182. The Balaban J connectivity index is 0.00000167. The molecular formula is C27H39BN4O3. The molecule has 2 aliphatic rings. The molecule has 8 heteroatoms. The Kier molecular flexibility index (Phi) is 7.22. The number of aryl methyl sites for hydroxylation is 1. The number of benzene rings is 1. The van der Waals surface area contributed by atoms with Gasteiger partial charge in [0.05, 0.1) is 11.2 Å². The van der Waals surface area contributed by atoms with E-state index in [4.69, 9.17) is 20.0 Å². The van der Waals surface area contributed by atoms with Crippen molar-refractivity contribution in [1.82, 2.24) is 9.88 Å². The Morgan fingerprint density at radius 2 is 1.60 bits per heavy atom. The largest absolute Gasteiger partial charge is 0.494 e. The van der Waals surface area contributed by atoms with Gasteiger partial charge in [-0.1, -0.05) is 52.0 Å². The van der Waals surface area contributed by atoms with Crippen LogP contribution in [0.25, 0.3) is 0 Å². The molecule has 0 saturated carbocycles. The molecule has 1 amide bonds. The van der Waals surface area contributed by atoms with E-state index >= 15 is 0 Å². The molecule has 4 rings (SSSR count). The summed E-state index contributed by atoms with van der Waals surface area (Å²) < 4.78 is 12.5. The number of amides is 1. The summed E-state index contributed by atoms with van der Waals surface area (Å²) in [5.74, 6) is 0.181. The van der Waals surface area contributed by atoms with Gasteiger partial charge < -0.3 is 15.0 Å². The zero-order valence-electron chi connectivity index (χ0n) is 22.8. The molecule has 188 valence electrons. The lowest BCUT2D eigenvalue weighted by Gasteiger charge is -2.32. The van der Waals surface area contributed by atoms with Gasteiger partial charge in [0, 0.05) is 18.4 Å². The average Bonchev–Trinajstić information content (AvgIpc) is 3.17. The third-order valence-corrected chi connectivity index (χ3v) is 7.05. The number of hydrogen-bond acceptors (Lipinski definition) is 6. The number of likely N-dealkylation sites (N-methyl/N-ethyl adjacent to an activating group) is 1. The van der Waals surface area contributed by atoms with E-state index < -0.39 is 23.9 Å². The molecule has 1 saturated heterocycles. The lowest BCUT2D eigenvalue weighted by molar-refractivity contribution is -0.129. The van der Waals surface area contributed by atoms with Crippen LogP contribution in [0, 0.1) is 6.92 Å². The average molecular weight is 478 g/mol. The van der Waals surface area contributed by atoms with Crippen LogP contribution in [0.3, 0.4) is 0 Å². The van der Waals surface area contributed by atoms with E-state index in [1.165, 1.54) is 4.90 Å². The molecule has 0 radical (unpaired) electrons. The van der Waals surface area contributed by atoms with Gasteiger partial charge in [0.1, 0.15) is 0 Å². The topological polar surface area (TPSA) is 90.0 Å². The Hall–Kier alpha value is -2.71. The maximum atomic E-state index is 13.7. The summed E-state index contributed by atoms with van der Waals surface area (Å²) >= 11 is 0. The molecule has 0 aliphatic carbocycles. The summed E-state index contributed by atoms with van der Waals surface area (Å²) in [5.41, 5.74) is 7.98. The molecular weight excluding hydrogens is 439 g/mol. The van der Waals surface area contributed by atoms with Crippen molar-refractivity contribution in [2.24, 2.45) is 10.7 Å². The molecule has 3 heterocycles. The Labute approximate surface area is 210 Å². The summed E-state index contributed by atoms with van der Waals surface area (Å²) in [6.07, 6.45) is 0. The van der Waals surface area contributed by atoms with E-state index in [0.717, 1.165) is 22.4 Å². The lowest BCUT2D eigenvalue weighted by Crippen LogP contribution is -2.42. The van der Waals surface area contributed by atoms with Crippen LogP contribution < -0.4 is 11.2 Å². The maximum Gasteiger partial charge on any atom is 0.494 e. The molecule has 1 aromatic carbocycles. The number of aliphatic imine (C=N–C) groups is 1. The summed E-state index contributed by atoms with van der Waals surface area (Å²) in [6, 6.07) is 11.6. The molecule has 1 aromatic heterocycles. The quantitative estimate of drug-likeness (QED) is 0.674. The Morgan fingerprint density at radius 3 is 2.11 bits per heavy atom. The van der Waals surface area contributed by atoms with Crippen molar-refractivity contribution in [3.8, 4) is 0 Å². The second-order valence-corrected chi connectivity index (χ2v) is 10.3. The minimum Gasteiger partial charge on any atom is -0.399 e. The highest BCUT2D eigenvalue weighted by Crippen LogP contribution is 2.41. The maximum absolute atomic E-state index is 13.7. The fourth-order valence-corrected chi connectivity index (χ4v) is 4.27. The van der Waals surface area contributed by atoms with Crippen molar-refractivity contribution >= 4 is 24.4 Å². The van der Waals surface area contributed by atoms with Gasteiger partial charge in [-0.05, 0) is 69.3 Å². The number of rotatable bonds is 4. The van der Waals surface area contributed by atoms with Crippen LogP contribution >= 0.6 is 0 Å². The molecule has 1 fully saturated rings. The Morgan fingerprint density at radius 1 is 1.00 bits per heavy atom. The first-order valence-electron chi connectivity index (χ1n) is 12.4. The van der Waals surface area contributed by atoms with Crippen LogP contribution in [0.5, 0.6) is 0 Å². The number of aromatic nitrogens is 1. The van der Waals surface area contributed by atoms with Crippen LogP contribution in [0.2, 0.25) is 0 Å². The number of carbonyl (C=O) groups excluding carboxylic acids is 1. The van der Waals surface area contributed by atoms with Gasteiger partial charge in [-0.3, -0.25) is 14.7 Å². The van der Waals surface area contributed by atoms with Gasteiger partial charge in [-0.15, -0.1) is 0 Å². The SMILES string of the molecule is CC.Cc1cc(C2(c3cccc(B4OC(C)(C)C(C)(C)O4)c3)N=C(N)N(C)C2=O)cc(C(C)C)n1. The highest BCUT2D eigenvalue weighted by molar-refractivity contribution is 6.62. The second-order valence-electron chi connectivity index (χ2n) is 10.3. The molecule has 7 nitrogen and oxygen atoms in total. The number of hydrogen-bond donors (Lipinski definition) is 1. The van der Waals surface area contributed by atoms with Gasteiger partial charge >= 0.3 is 7.12 Å². The normalized spacial score (nSPS) is 22.8. The van der Waals surface area contributed by atoms with E-state index in [1.54, 1.807) is 7.05 Å². The first-order chi connectivity index (χ1) is 16.3. The fourth-order valence-electron chi connectivity index (χ4n) is 4.27. The molecule has 1 atom stereocenters. The molecule has 2 N–H and O–H groups in total. The van der Waals surface area contributed by atoms with Crippen LogP contribution in [-0.2, 0) is 19.6 Å². The predicted octanol–water partition coefficient (Wildman–Crippen LogP) is 3.87. The van der Waals surface area contributed by atoms with Crippen molar-refractivity contribution in [3.05, 3.63) is 58.9 Å². The smallest absolute Gasteiger partial charge is 0.399 e. The van der Waals surface area contributed by atoms with Crippen LogP contribution in [-0.4, -0.2) is 47.1 Å². The molecule has 0 spiro atoms. The van der Waals surface area contributed by atoms with Gasteiger partial charge in [-0.25, -0.2) is 4.99 Å². The highest BCUT2D eigenvalue weighted by atomic mass is 16.7. The molecule has 2 aromatic rings. The lowest BCUT2D eigenvalue weighted by atomic mass is 9.74. The first kappa shape index (κ1) is 26.9. The van der Waals surface area contributed by atoms with E-state index in [2.05, 4.69) is 18.8 Å². The van der Waals surface area contributed by atoms with Crippen molar-refractivity contribution in [2.45, 2.75) is 85.0 Å². The van der Waals surface area contributed by atoms with Gasteiger partial charge in [0.25, 0.3) is 5.91 Å². The number of pyridine rings is 1. The van der Waals surface area contributed by atoms with E-state index in [1.807, 2.05) is 84.9 Å². The Bertz CT molecular complexity index is 1130. The number of carbonyl (C=O) groups is 1. The van der Waals surface area contributed by atoms with E-state index in [9.17, 15) is 4.79 Å². The van der Waals surface area contributed by atoms with Crippen LogP contribution in [0.1, 0.15) is 83.8 Å². The van der Waals surface area contributed by atoms with Crippen molar-refractivity contribution in [3.63, 3.8) is 0 Å². The van der Waals surface area contributed by atoms with Crippen LogP contribution in [0.4, 0.5) is 0 Å². The number of guanidine groups is 1. The second kappa shape index (κ2) is 9.39. The fraction of sp³-hybridized carbons (Fsp3) is 0.519. The molecule has 1 unspecified atom stereocenters. The summed E-state index contributed by atoms with van der Waals surface area (Å²) in [6.45, 7) is 18.2. The van der Waals surface area contributed by atoms with Gasteiger partial charge in [-0.2, -0.15) is 0 Å². The highest BCUT2D eigenvalue weighted by Gasteiger charge is 2.53. The summed E-state index contributed by atoms with van der Waals surface area (Å²) in [5, 5.41) is 0. The van der Waals surface area contributed by atoms with Gasteiger partial charge in [0.2, 0.25) is 0 Å². The standard InChI is InChI=1S/C25H33BN4O3.C2H6/c1-15(2)20-14-18(12-16(3)28-20)25(21(31)30(8)22(27)29-25)17-10-9-11-19(13-17)26-32-23(4,5)24(6,7)33-26;1-2/h9-15H,1-8H3,(H2,27,29);1-2H3. The van der Waals surface area contributed by atoms with Gasteiger partial charge in [0.15, 0.2) is 11.5 Å². The van der Waals surface area contributed by atoms with Crippen LogP contribution in [0.15, 0.2) is 41.4 Å². The van der Waals surface area contributed by atoms with Crippen molar-refractivity contribution < 1.29 is 14.1 Å². The zero-order chi connectivity index (χ0) is 26.3. The monoisotopic (exact) mass is 478 g/mol. The summed E-state index contributed by atoms with van der Waals surface area (Å²) in [7, 11) is 1.10. The van der Waals surface area contributed by atoms with Crippen molar-refractivity contribution in [1.29, 1.82) is 0 Å². The zero-order valence-corrected chi connectivity index (χ0v) is 22.8. The van der Waals surface area contributed by atoms with Crippen molar-refractivity contribution in [2.75, 3.05) is 7.05 Å².